The molecule has 1 saturated heterocycles. The summed E-state index contributed by atoms with van der Waals surface area (Å²) < 4.78 is 10.4. The minimum Gasteiger partial charge on any atom is -0.480 e. The third-order valence-corrected chi connectivity index (χ3v) is 2.80. The van der Waals surface area contributed by atoms with Gasteiger partial charge in [-0.15, -0.1) is 0 Å². The molecule has 1 heterocycles. The highest BCUT2D eigenvalue weighted by atomic mass is 16.5. The van der Waals surface area contributed by atoms with Crippen molar-refractivity contribution < 1.29 is 24.2 Å². The molecule has 1 aliphatic heterocycles. The number of hydrogen-bond acceptors (Lipinski definition) is 4. The Morgan fingerprint density at radius 1 is 1.50 bits per heavy atom. The maximum absolute atomic E-state index is 11.6. The van der Waals surface area contributed by atoms with Gasteiger partial charge in [0.2, 0.25) is 5.91 Å². The van der Waals surface area contributed by atoms with Gasteiger partial charge in [-0.05, 0) is 26.7 Å². The van der Waals surface area contributed by atoms with Crippen LogP contribution in [0.15, 0.2) is 0 Å². The molecule has 0 aromatic carbocycles. The Kier molecular flexibility index (Phi) is 6.07. The molecule has 1 aliphatic rings. The number of nitrogens with one attached hydrogen (secondary N) is 1. The van der Waals surface area contributed by atoms with Gasteiger partial charge in [0.05, 0.1) is 12.7 Å². The maximum atomic E-state index is 11.6. The van der Waals surface area contributed by atoms with Crippen molar-refractivity contribution in [3.8, 4) is 0 Å². The summed E-state index contributed by atoms with van der Waals surface area (Å²) in [5.74, 6) is -1.59. The van der Waals surface area contributed by atoms with Gasteiger partial charge in [0.15, 0.2) is 0 Å². The molecule has 1 fully saturated rings. The van der Waals surface area contributed by atoms with Gasteiger partial charge < -0.3 is 19.9 Å². The van der Waals surface area contributed by atoms with Crippen molar-refractivity contribution in [2.24, 2.45) is 5.92 Å². The fraction of sp³-hybridized carbons (Fsp3) is 0.833. The van der Waals surface area contributed by atoms with E-state index in [1.54, 1.807) is 0 Å². The number of carbonyl (C=O) groups excluding carboxylic acids is 1. The molecule has 0 aromatic heterocycles. The lowest BCUT2D eigenvalue weighted by Gasteiger charge is -2.28. The standard InChI is InChI=1S/C12H21NO5/c1-8(2)18-7-10(14)13-11(12(15)16)9-4-3-5-17-6-9/h8-9,11H,3-7H2,1-2H3,(H,13,14)(H,15,16). The van der Waals surface area contributed by atoms with Crippen LogP contribution in [0.2, 0.25) is 0 Å². The largest absolute Gasteiger partial charge is 0.480 e. The summed E-state index contributed by atoms with van der Waals surface area (Å²) in [6.07, 6.45) is 1.52. The molecule has 0 aromatic rings. The molecule has 2 atom stereocenters. The van der Waals surface area contributed by atoms with Crippen molar-refractivity contribution in [3.05, 3.63) is 0 Å². The topological polar surface area (TPSA) is 84.9 Å². The van der Waals surface area contributed by atoms with Crippen LogP contribution in [0.5, 0.6) is 0 Å². The van der Waals surface area contributed by atoms with Crippen LogP contribution in [0.25, 0.3) is 0 Å². The molecule has 0 radical (unpaired) electrons. The van der Waals surface area contributed by atoms with E-state index < -0.39 is 17.9 Å². The molecule has 6 nitrogen and oxygen atoms in total. The van der Waals surface area contributed by atoms with E-state index in [0.29, 0.717) is 13.2 Å². The molecule has 0 aliphatic carbocycles. The quantitative estimate of drug-likeness (QED) is 0.721. The third-order valence-electron chi connectivity index (χ3n) is 2.80. The number of ether oxygens (including phenoxy) is 2. The van der Waals surface area contributed by atoms with Crippen LogP contribution in [-0.2, 0) is 19.1 Å². The second-order valence-corrected chi connectivity index (χ2v) is 4.72. The van der Waals surface area contributed by atoms with Crippen LogP contribution in [0.3, 0.4) is 0 Å². The van der Waals surface area contributed by atoms with Gasteiger partial charge in [-0.2, -0.15) is 0 Å². The summed E-state index contributed by atoms with van der Waals surface area (Å²) in [5, 5.41) is 11.6. The van der Waals surface area contributed by atoms with Crippen LogP contribution in [0, 0.1) is 5.92 Å². The average Bonchev–Trinajstić information content (AvgIpc) is 2.34. The fourth-order valence-electron chi connectivity index (χ4n) is 1.87. The van der Waals surface area contributed by atoms with Gasteiger partial charge in [-0.25, -0.2) is 4.79 Å². The van der Waals surface area contributed by atoms with Crippen LogP contribution in [0.1, 0.15) is 26.7 Å². The monoisotopic (exact) mass is 259 g/mol. The van der Waals surface area contributed by atoms with Crippen LogP contribution >= 0.6 is 0 Å². The molecule has 104 valence electrons. The number of aliphatic carboxylic acids is 1. The molecular formula is C12H21NO5. The third kappa shape index (κ3) is 5.01. The zero-order chi connectivity index (χ0) is 13.5. The Labute approximate surface area is 107 Å². The highest BCUT2D eigenvalue weighted by Gasteiger charge is 2.31. The minimum atomic E-state index is -1.02. The zero-order valence-corrected chi connectivity index (χ0v) is 10.8. The Bertz CT molecular complexity index is 286. The first-order chi connectivity index (χ1) is 8.50. The van der Waals surface area contributed by atoms with E-state index >= 15 is 0 Å². The van der Waals surface area contributed by atoms with Crippen molar-refractivity contribution in [2.75, 3.05) is 19.8 Å². The van der Waals surface area contributed by atoms with E-state index in [2.05, 4.69) is 5.32 Å². The zero-order valence-electron chi connectivity index (χ0n) is 10.8. The number of hydrogen-bond donors (Lipinski definition) is 2. The van der Waals surface area contributed by atoms with Gasteiger partial charge >= 0.3 is 5.97 Å². The molecular weight excluding hydrogens is 238 g/mol. The minimum absolute atomic E-state index is 0.0583. The molecule has 0 spiro atoms. The van der Waals surface area contributed by atoms with E-state index in [1.807, 2.05) is 13.8 Å². The first-order valence-corrected chi connectivity index (χ1v) is 6.22. The van der Waals surface area contributed by atoms with Gasteiger partial charge in [-0.3, -0.25) is 4.79 Å². The van der Waals surface area contributed by atoms with Crippen LogP contribution < -0.4 is 5.32 Å². The average molecular weight is 259 g/mol. The van der Waals surface area contributed by atoms with Crippen molar-refractivity contribution in [1.82, 2.24) is 5.32 Å². The summed E-state index contributed by atoms with van der Waals surface area (Å²) >= 11 is 0. The molecule has 2 unspecified atom stereocenters. The normalized spacial score (nSPS) is 21.6. The lowest BCUT2D eigenvalue weighted by molar-refractivity contribution is -0.146. The van der Waals surface area contributed by atoms with Crippen LogP contribution in [0.4, 0.5) is 0 Å². The van der Waals surface area contributed by atoms with E-state index in [-0.39, 0.29) is 18.6 Å². The highest BCUT2D eigenvalue weighted by Crippen LogP contribution is 2.17. The summed E-state index contributed by atoms with van der Waals surface area (Å²) in [5.41, 5.74) is 0. The lowest BCUT2D eigenvalue weighted by atomic mass is 9.93. The highest BCUT2D eigenvalue weighted by molar-refractivity contribution is 5.84. The molecule has 1 rings (SSSR count). The number of amides is 1. The molecule has 1 amide bonds. The lowest BCUT2D eigenvalue weighted by Crippen LogP contribution is -2.49. The van der Waals surface area contributed by atoms with E-state index in [0.717, 1.165) is 12.8 Å². The Morgan fingerprint density at radius 3 is 2.72 bits per heavy atom. The van der Waals surface area contributed by atoms with Crippen LogP contribution in [-0.4, -0.2) is 48.9 Å². The second kappa shape index (κ2) is 7.33. The van der Waals surface area contributed by atoms with Crippen molar-refractivity contribution in [2.45, 2.75) is 38.8 Å². The van der Waals surface area contributed by atoms with Gasteiger partial charge in [0, 0.05) is 12.5 Å². The summed E-state index contributed by atoms with van der Waals surface area (Å²) in [4.78, 5) is 22.7. The molecule has 0 bridgehead atoms. The predicted molar refractivity (Wildman–Crippen MR) is 64.2 cm³/mol. The Balaban J connectivity index is 2.46. The fourth-order valence-corrected chi connectivity index (χ4v) is 1.87. The Hall–Kier alpha value is -1.14. The summed E-state index contributed by atoms with van der Waals surface area (Å²) in [6.45, 7) is 4.55. The summed E-state index contributed by atoms with van der Waals surface area (Å²) in [7, 11) is 0. The van der Waals surface area contributed by atoms with Gasteiger partial charge in [-0.1, -0.05) is 0 Å². The van der Waals surface area contributed by atoms with E-state index in [4.69, 9.17) is 14.6 Å². The van der Waals surface area contributed by atoms with Gasteiger partial charge in [0.25, 0.3) is 0 Å². The molecule has 2 N–H and O–H groups in total. The Morgan fingerprint density at radius 2 is 2.22 bits per heavy atom. The first-order valence-electron chi connectivity index (χ1n) is 6.22. The summed E-state index contributed by atoms with van der Waals surface area (Å²) in [6, 6.07) is -0.895. The van der Waals surface area contributed by atoms with Crippen molar-refractivity contribution in [3.63, 3.8) is 0 Å². The number of carbonyl (C=O) groups is 2. The smallest absolute Gasteiger partial charge is 0.326 e. The van der Waals surface area contributed by atoms with Gasteiger partial charge in [0.1, 0.15) is 12.6 Å². The van der Waals surface area contributed by atoms with Crippen molar-refractivity contribution >= 4 is 11.9 Å². The molecule has 0 saturated carbocycles. The first kappa shape index (κ1) is 14.9. The number of rotatable bonds is 6. The maximum Gasteiger partial charge on any atom is 0.326 e. The molecule has 6 heteroatoms. The SMILES string of the molecule is CC(C)OCC(=O)NC(C(=O)O)C1CCCOC1. The molecule has 18 heavy (non-hydrogen) atoms. The number of carboxylic acid groups (broad SMARTS) is 1. The number of carboxylic acids is 1. The van der Waals surface area contributed by atoms with E-state index in [1.165, 1.54) is 0 Å². The van der Waals surface area contributed by atoms with E-state index in [9.17, 15) is 9.59 Å². The van der Waals surface area contributed by atoms with Crippen molar-refractivity contribution in [1.29, 1.82) is 0 Å². The second-order valence-electron chi connectivity index (χ2n) is 4.72. The predicted octanol–water partition coefficient (Wildman–Crippen LogP) is 0.407.